The van der Waals surface area contributed by atoms with Gasteiger partial charge in [0.05, 0.1) is 11.4 Å². The minimum atomic E-state index is 0.0191. The van der Waals surface area contributed by atoms with Crippen LogP contribution in [-0.2, 0) is 0 Å². The van der Waals surface area contributed by atoms with Gasteiger partial charge in [-0.15, -0.1) is 0 Å². The summed E-state index contributed by atoms with van der Waals surface area (Å²) in [6.45, 7) is 9.51. The number of urea groups is 1. The second kappa shape index (κ2) is 8.92. The molecule has 24 heavy (non-hydrogen) atoms. The van der Waals surface area contributed by atoms with Crippen LogP contribution in [0.5, 0.6) is 0 Å². The van der Waals surface area contributed by atoms with E-state index in [2.05, 4.69) is 24.1 Å². The van der Waals surface area contributed by atoms with Crippen LogP contribution in [-0.4, -0.2) is 62.7 Å². The molecule has 2 amide bonds. The van der Waals surface area contributed by atoms with Crippen LogP contribution < -0.4 is 10.2 Å². The lowest BCUT2D eigenvalue weighted by Gasteiger charge is -2.34. The molecule has 1 N–H and O–H groups in total. The highest BCUT2D eigenvalue weighted by molar-refractivity contribution is 5.93. The summed E-state index contributed by atoms with van der Waals surface area (Å²) < 4.78 is 0. The van der Waals surface area contributed by atoms with Crippen molar-refractivity contribution in [2.45, 2.75) is 26.7 Å². The van der Waals surface area contributed by atoms with E-state index < -0.39 is 0 Å². The first-order valence-electron chi connectivity index (χ1n) is 9.09. The van der Waals surface area contributed by atoms with Crippen molar-refractivity contribution in [3.63, 3.8) is 0 Å². The molecule has 0 saturated carbocycles. The van der Waals surface area contributed by atoms with E-state index in [1.807, 2.05) is 48.2 Å². The topological polar surface area (TPSA) is 38.8 Å². The van der Waals surface area contributed by atoms with Gasteiger partial charge in [0.1, 0.15) is 0 Å². The molecule has 134 valence electrons. The summed E-state index contributed by atoms with van der Waals surface area (Å²) in [7, 11) is 3.98. The minimum absolute atomic E-state index is 0.0191. The van der Waals surface area contributed by atoms with Gasteiger partial charge in [-0.1, -0.05) is 26.0 Å². The predicted octanol–water partition coefficient (Wildman–Crippen LogP) is 3.34. The Kier molecular flexibility index (Phi) is 6.91. The fourth-order valence-electron chi connectivity index (χ4n) is 3.33. The average molecular weight is 332 g/mol. The molecule has 1 heterocycles. The van der Waals surface area contributed by atoms with Gasteiger partial charge in [-0.3, -0.25) is 0 Å². The largest absolute Gasteiger partial charge is 0.376 e. The Bertz CT molecular complexity index is 520. The van der Waals surface area contributed by atoms with Gasteiger partial charge >= 0.3 is 6.03 Å². The molecular weight excluding hydrogens is 300 g/mol. The Morgan fingerprint density at radius 3 is 2.38 bits per heavy atom. The second-order valence-electron chi connectivity index (χ2n) is 6.76. The minimum Gasteiger partial charge on any atom is -0.376 e. The van der Waals surface area contributed by atoms with Gasteiger partial charge in [0, 0.05) is 33.7 Å². The molecule has 1 fully saturated rings. The van der Waals surface area contributed by atoms with Gasteiger partial charge in [-0.05, 0) is 44.0 Å². The number of benzene rings is 1. The Balaban J connectivity index is 1.87. The zero-order valence-corrected chi connectivity index (χ0v) is 15.6. The molecule has 0 spiro atoms. The third-order valence-corrected chi connectivity index (χ3v) is 4.94. The van der Waals surface area contributed by atoms with E-state index >= 15 is 0 Å². The van der Waals surface area contributed by atoms with Gasteiger partial charge in [0.15, 0.2) is 0 Å². The molecule has 1 aliphatic rings. The quantitative estimate of drug-likeness (QED) is 0.868. The highest BCUT2D eigenvalue weighted by Gasteiger charge is 2.24. The smallest absolute Gasteiger partial charge is 0.321 e. The summed E-state index contributed by atoms with van der Waals surface area (Å²) in [4.78, 5) is 19.0. The molecule has 0 aliphatic carbocycles. The molecule has 0 aromatic heterocycles. The Morgan fingerprint density at radius 2 is 1.79 bits per heavy atom. The third-order valence-electron chi connectivity index (χ3n) is 4.94. The molecule has 5 heteroatoms. The number of anilines is 2. The molecule has 0 radical (unpaired) electrons. The van der Waals surface area contributed by atoms with Gasteiger partial charge in [0.2, 0.25) is 0 Å². The summed E-state index contributed by atoms with van der Waals surface area (Å²) in [5.74, 6) is 0.711. The van der Waals surface area contributed by atoms with Crippen molar-refractivity contribution < 1.29 is 4.79 Å². The lowest BCUT2D eigenvalue weighted by Crippen LogP contribution is -2.43. The molecule has 1 aliphatic heterocycles. The Morgan fingerprint density at radius 1 is 1.17 bits per heavy atom. The first-order valence-corrected chi connectivity index (χ1v) is 9.09. The number of nitrogens with zero attached hydrogens (tertiary/aromatic N) is 3. The first kappa shape index (κ1) is 18.6. The lowest BCUT2D eigenvalue weighted by molar-refractivity contribution is 0.158. The molecule has 5 nitrogen and oxygen atoms in total. The number of hydrogen-bond donors (Lipinski definition) is 1. The molecule has 2 rings (SSSR count). The average Bonchev–Trinajstić information content (AvgIpc) is 2.60. The van der Waals surface area contributed by atoms with E-state index in [-0.39, 0.29) is 6.03 Å². The zero-order valence-electron chi connectivity index (χ0n) is 15.6. The maximum atomic E-state index is 12.6. The lowest BCUT2D eigenvalue weighted by atomic mass is 9.96. The van der Waals surface area contributed by atoms with E-state index in [0.717, 1.165) is 56.9 Å². The van der Waals surface area contributed by atoms with Gasteiger partial charge < -0.3 is 20.0 Å². The van der Waals surface area contributed by atoms with Crippen molar-refractivity contribution in [3.05, 3.63) is 24.3 Å². The molecular formula is C19H32N4O. The maximum absolute atomic E-state index is 12.6. The SMILES string of the molecule is CCN(CC)CC1CCN(C(=O)Nc2ccccc2N(C)C)CC1. The fraction of sp³-hybridized carbons (Fsp3) is 0.632. The van der Waals surface area contributed by atoms with Crippen LogP contribution in [0.1, 0.15) is 26.7 Å². The van der Waals surface area contributed by atoms with Gasteiger partial charge in [-0.25, -0.2) is 4.79 Å². The number of amides is 2. The van der Waals surface area contributed by atoms with E-state index in [1.165, 1.54) is 0 Å². The number of para-hydroxylation sites is 2. The summed E-state index contributed by atoms with van der Waals surface area (Å²) in [5, 5.41) is 3.07. The molecule has 1 saturated heterocycles. The van der Waals surface area contributed by atoms with Gasteiger partial charge in [-0.2, -0.15) is 0 Å². The molecule has 0 atom stereocenters. The highest BCUT2D eigenvalue weighted by Crippen LogP contribution is 2.25. The normalized spacial score (nSPS) is 15.6. The third kappa shape index (κ3) is 4.87. The Labute approximate surface area is 146 Å². The van der Waals surface area contributed by atoms with Crippen molar-refractivity contribution in [2.24, 2.45) is 5.92 Å². The number of piperidine rings is 1. The van der Waals surface area contributed by atoms with Crippen molar-refractivity contribution >= 4 is 17.4 Å². The molecule has 1 aromatic rings. The molecule has 0 bridgehead atoms. The number of carbonyl (C=O) groups is 1. The summed E-state index contributed by atoms with van der Waals surface area (Å²) in [6.07, 6.45) is 2.19. The fourth-order valence-corrected chi connectivity index (χ4v) is 3.33. The Hall–Kier alpha value is -1.75. The van der Waals surface area contributed by atoms with Crippen molar-refractivity contribution in [1.82, 2.24) is 9.80 Å². The van der Waals surface area contributed by atoms with Crippen molar-refractivity contribution in [3.8, 4) is 0 Å². The first-order chi connectivity index (χ1) is 11.5. The number of likely N-dealkylation sites (tertiary alicyclic amines) is 1. The van der Waals surface area contributed by atoms with Crippen LogP contribution in [0.4, 0.5) is 16.2 Å². The summed E-state index contributed by atoms with van der Waals surface area (Å²) in [6, 6.07) is 7.94. The number of rotatable bonds is 6. The van der Waals surface area contributed by atoms with Crippen molar-refractivity contribution in [2.75, 3.05) is 57.0 Å². The number of carbonyl (C=O) groups excluding carboxylic acids is 1. The van der Waals surface area contributed by atoms with Crippen LogP contribution in [0, 0.1) is 5.92 Å². The van der Waals surface area contributed by atoms with Crippen molar-refractivity contribution in [1.29, 1.82) is 0 Å². The van der Waals surface area contributed by atoms with Crippen LogP contribution in [0.3, 0.4) is 0 Å². The number of hydrogen-bond acceptors (Lipinski definition) is 3. The molecule has 1 aromatic carbocycles. The van der Waals surface area contributed by atoms with E-state index in [9.17, 15) is 4.79 Å². The van der Waals surface area contributed by atoms with Crippen LogP contribution in [0.25, 0.3) is 0 Å². The van der Waals surface area contributed by atoms with Gasteiger partial charge in [0.25, 0.3) is 0 Å². The maximum Gasteiger partial charge on any atom is 0.321 e. The van der Waals surface area contributed by atoms with E-state index in [4.69, 9.17) is 0 Å². The highest BCUT2D eigenvalue weighted by atomic mass is 16.2. The van der Waals surface area contributed by atoms with E-state index in [1.54, 1.807) is 0 Å². The van der Waals surface area contributed by atoms with Crippen LogP contribution in [0.15, 0.2) is 24.3 Å². The monoisotopic (exact) mass is 332 g/mol. The second-order valence-corrected chi connectivity index (χ2v) is 6.76. The van der Waals surface area contributed by atoms with E-state index in [0.29, 0.717) is 5.92 Å². The van der Waals surface area contributed by atoms with Crippen LogP contribution >= 0.6 is 0 Å². The standard InChI is InChI=1S/C19H32N4O/c1-5-22(6-2)15-16-11-13-23(14-12-16)19(24)20-17-9-7-8-10-18(17)21(3)4/h7-10,16H,5-6,11-15H2,1-4H3,(H,20,24). The zero-order chi connectivity index (χ0) is 17.5. The van der Waals surface area contributed by atoms with Crippen LogP contribution in [0.2, 0.25) is 0 Å². The summed E-state index contributed by atoms with van der Waals surface area (Å²) >= 11 is 0. The molecule has 0 unspecified atom stereocenters. The predicted molar refractivity (Wildman–Crippen MR) is 102 cm³/mol. The number of nitrogens with one attached hydrogen (secondary N) is 1. The summed E-state index contributed by atoms with van der Waals surface area (Å²) in [5.41, 5.74) is 1.90.